The van der Waals surface area contributed by atoms with Crippen LogP contribution in [-0.2, 0) is 4.57 Å². The van der Waals surface area contributed by atoms with Gasteiger partial charge in [0.05, 0.1) is 0 Å². The molecule has 0 radical (unpaired) electrons. The molecule has 0 saturated carbocycles. The first kappa shape index (κ1) is 10.7. The predicted octanol–water partition coefficient (Wildman–Crippen LogP) is -0.855. The van der Waals surface area contributed by atoms with E-state index >= 15 is 0 Å². The number of hydrogen-bond acceptors (Lipinski definition) is 1. The fourth-order valence-electron chi connectivity index (χ4n) is 0. The standard InChI is InChI=1S/CH5O3P.K.H/c1-5(2,3)4;;/h1H3,(H2,2,3,4);;. The summed E-state index contributed by atoms with van der Waals surface area (Å²) in [5, 5.41) is 0. The SMILES string of the molecule is CP(=O)(O)O.[KH]. The molecule has 0 bridgehead atoms. The third kappa shape index (κ3) is 41.5. The van der Waals surface area contributed by atoms with Crippen molar-refractivity contribution in [1.29, 1.82) is 0 Å². The van der Waals surface area contributed by atoms with Gasteiger partial charge in [-0.05, 0) is 0 Å². The Morgan fingerprint density at radius 3 is 1.50 bits per heavy atom. The monoisotopic (exact) mass is 136 g/mol. The first-order chi connectivity index (χ1) is 2.00. The molecule has 0 heterocycles. The van der Waals surface area contributed by atoms with Gasteiger partial charge in [0, 0.05) is 6.66 Å². The van der Waals surface area contributed by atoms with Gasteiger partial charge in [0.1, 0.15) is 0 Å². The normalized spacial score (nSPS) is 9.83. The Labute approximate surface area is 78.7 Å². The third-order valence-corrected chi connectivity index (χ3v) is 0. The van der Waals surface area contributed by atoms with Gasteiger partial charge in [-0.3, -0.25) is 4.57 Å². The van der Waals surface area contributed by atoms with Gasteiger partial charge >= 0.3 is 59.0 Å². The van der Waals surface area contributed by atoms with Crippen LogP contribution in [0.4, 0.5) is 0 Å². The Kier molecular flexibility index (Phi) is 6.69. The van der Waals surface area contributed by atoms with Crippen LogP contribution >= 0.6 is 7.60 Å². The van der Waals surface area contributed by atoms with E-state index < -0.39 is 7.60 Å². The van der Waals surface area contributed by atoms with Crippen LogP contribution in [0, 0.1) is 0 Å². The van der Waals surface area contributed by atoms with E-state index in [9.17, 15) is 4.57 Å². The van der Waals surface area contributed by atoms with Gasteiger partial charge in [-0.25, -0.2) is 0 Å². The average molecular weight is 136 g/mol. The predicted molar refractivity (Wildman–Crippen MR) is 25.1 cm³/mol. The molecule has 0 atom stereocenters. The summed E-state index contributed by atoms with van der Waals surface area (Å²) < 4.78 is 9.33. The summed E-state index contributed by atoms with van der Waals surface area (Å²) in [4.78, 5) is 15.3. The van der Waals surface area contributed by atoms with Crippen LogP contribution in [-0.4, -0.2) is 67.8 Å². The zero-order chi connectivity index (χ0) is 4.50. The van der Waals surface area contributed by atoms with Gasteiger partial charge in [-0.1, -0.05) is 0 Å². The van der Waals surface area contributed by atoms with E-state index in [0.717, 1.165) is 6.66 Å². The van der Waals surface area contributed by atoms with Gasteiger partial charge in [0.2, 0.25) is 0 Å². The number of hydrogen-bond donors (Lipinski definition) is 2. The Morgan fingerprint density at radius 1 is 1.50 bits per heavy atom. The van der Waals surface area contributed by atoms with E-state index in [4.69, 9.17) is 9.79 Å². The molecular formula is CH6KO3P. The maximum absolute atomic E-state index is 9.33. The topological polar surface area (TPSA) is 57.5 Å². The van der Waals surface area contributed by atoms with Crippen LogP contribution in [0.5, 0.6) is 0 Å². The van der Waals surface area contributed by atoms with Crippen LogP contribution in [0.25, 0.3) is 0 Å². The molecule has 0 rings (SSSR count). The molecule has 0 saturated heterocycles. The molecule has 2 N–H and O–H groups in total. The van der Waals surface area contributed by atoms with Crippen LogP contribution in [0.15, 0.2) is 0 Å². The summed E-state index contributed by atoms with van der Waals surface area (Å²) in [7, 11) is -3.64. The van der Waals surface area contributed by atoms with E-state index in [-0.39, 0.29) is 51.4 Å². The molecule has 0 aromatic carbocycles. The van der Waals surface area contributed by atoms with Gasteiger partial charge in [-0.15, -0.1) is 0 Å². The summed E-state index contributed by atoms with van der Waals surface area (Å²) in [6.45, 7) is 0.854. The fraction of sp³-hybridized carbons (Fsp3) is 1.00. The second-order valence-corrected chi connectivity index (χ2v) is 2.51. The second kappa shape index (κ2) is 3.75. The summed E-state index contributed by atoms with van der Waals surface area (Å²) in [5.74, 6) is 0. The van der Waals surface area contributed by atoms with E-state index in [1.54, 1.807) is 0 Å². The van der Waals surface area contributed by atoms with Crippen LogP contribution in [0.3, 0.4) is 0 Å². The molecule has 0 aliphatic carbocycles. The molecule has 34 valence electrons. The molecule has 0 aliphatic rings. The minimum atomic E-state index is -3.64. The van der Waals surface area contributed by atoms with Gasteiger partial charge in [0.15, 0.2) is 0 Å². The van der Waals surface area contributed by atoms with Crippen molar-refractivity contribution in [2.24, 2.45) is 0 Å². The zero-order valence-electron chi connectivity index (χ0n) is 2.75. The van der Waals surface area contributed by atoms with E-state index in [1.165, 1.54) is 0 Å². The molecular weight excluding hydrogens is 130 g/mol. The zero-order valence-corrected chi connectivity index (χ0v) is 3.64. The van der Waals surface area contributed by atoms with Gasteiger partial charge in [-0.2, -0.15) is 0 Å². The molecule has 0 fully saturated rings. The van der Waals surface area contributed by atoms with E-state index in [2.05, 4.69) is 0 Å². The van der Waals surface area contributed by atoms with Crippen LogP contribution < -0.4 is 0 Å². The first-order valence-electron chi connectivity index (χ1n) is 1.03. The molecule has 5 heteroatoms. The molecule has 0 amide bonds. The Morgan fingerprint density at radius 2 is 1.50 bits per heavy atom. The Balaban J connectivity index is 0. The third-order valence-electron chi connectivity index (χ3n) is 0. The van der Waals surface area contributed by atoms with Gasteiger partial charge in [0.25, 0.3) is 0 Å². The number of rotatable bonds is 0. The Bertz CT molecular complexity index is 56.9. The van der Waals surface area contributed by atoms with Crippen LogP contribution in [0.1, 0.15) is 0 Å². The van der Waals surface area contributed by atoms with E-state index in [0.29, 0.717) is 0 Å². The average Bonchev–Trinajstić information content (AvgIpc) is 0.722. The van der Waals surface area contributed by atoms with Crippen molar-refractivity contribution in [2.45, 2.75) is 0 Å². The molecule has 0 aromatic rings. The summed E-state index contributed by atoms with van der Waals surface area (Å²) in [6, 6.07) is 0. The van der Waals surface area contributed by atoms with E-state index in [1.807, 2.05) is 0 Å². The molecule has 6 heavy (non-hydrogen) atoms. The molecule has 3 nitrogen and oxygen atoms in total. The second-order valence-electron chi connectivity index (χ2n) is 0.835. The van der Waals surface area contributed by atoms with Crippen molar-refractivity contribution in [3.05, 3.63) is 0 Å². The van der Waals surface area contributed by atoms with Crippen molar-refractivity contribution in [3.63, 3.8) is 0 Å². The minimum absolute atomic E-state index is 0. The first-order valence-corrected chi connectivity index (χ1v) is 3.09. The summed E-state index contributed by atoms with van der Waals surface area (Å²) in [5.41, 5.74) is 0. The summed E-state index contributed by atoms with van der Waals surface area (Å²) >= 11 is 0. The van der Waals surface area contributed by atoms with Crippen molar-refractivity contribution in [1.82, 2.24) is 0 Å². The van der Waals surface area contributed by atoms with Gasteiger partial charge < -0.3 is 9.79 Å². The Hall–Kier alpha value is 1.79. The molecule has 0 spiro atoms. The van der Waals surface area contributed by atoms with Crippen molar-refractivity contribution in [3.8, 4) is 0 Å². The molecule has 0 aliphatic heterocycles. The van der Waals surface area contributed by atoms with Crippen LogP contribution in [0.2, 0.25) is 0 Å². The quantitative estimate of drug-likeness (QED) is 0.336. The summed E-state index contributed by atoms with van der Waals surface area (Å²) in [6.07, 6.45) is 0. The molecule has 0 aromatic heterocycles. The fourth-order valence-corrected chi connectivity index (χ4v) is 0. The maximum atomic E-state index is 9.33. The van der Waals surface area contributed by atoms with Crippen molar-refractivity contribution in [2.75, 3.05) is 6.66 Å². The van der Waals surface area contributed by atoms with Crippen molar-refractivity contribution >= 4 is 59.0 Å². The van der Waals surface area contributed by atoms with Crippen molar-refractivity contribution < 1.29 is 14.4 Å². The molecule has 0 unspecified atom stereocenters.